The van der Waals surface area contributed by atoms with Gasteiger partial charge in [-0.3, -0.25) is 20.3 Å². The summed E-state index contributed by atoms with van der Waals surface area (Å²) in [5, 5.41) is 18.9. The lowest BCUT2D eigenvalue weighted by Gasteiger charge is -2.08. The maximum atomic E-state index is 12.5. The molecule has 9 nitrogen and oxygen atoms in total. The lowest BCUT2D eigenvalue weighted by molar-refractivity contribution is -0.385. The van der Waals surface area contributed by atoms with Gasteiger partial charge in [0.05, 0.1) is 35.7 Å². The number of anilines is 1. The van der Waals surface area contributed by atoms with E-state index in [1.54, 1.807) is 49.6 Å². The molecule has 3 aromatic rings. The van der Waals surface area contributed by atoms with Crippen molar-refractivity contribution in [2.75, 3.05) is 12.5 Å². The van der Waals surface area contributed by atoms with E-state index in [4.69, 9.17) is 16.3 Å². The van der Waals surface area contributed by atoms with Crippen LogP contribution in [0, 0.1) is 10.1 Å². The lowest BCUT2D eigenvalue weighted by atomic mass is 10.2. The molecule has 0 spiro atoms. The number of para-hydroxylation sites is 1. The van der Waals surface area contributed by atoms with Crippen molar-refractivity contribution in [1.82, 2.24) is 9.78 Å². The van der Waals surface area contributed by atoms with E-state index in [-0.39, 0.29) is 16.4 Å². The third-order valence-electron chi connectivity index (χ3n) is 3.76. The molecule has 3 rings (SSSR count). The second-order valence-electron chi connectivity index (χ2n) is 5.47. The van der Waals surface area contributed by atoms with E-state index in [9.17, 15) is 14.9 Å². The number of ether oxygens (including phenoxy) is 1. The Morgan fingerprint density at radius 1 is 1.25 bits per heavy atom. The topological polar surface area (TPSA) is 112 Å². The van der Waals surface area contributed by atoms with Gasteiger partial charge in [-0.05, 0) is 30.3 Å². The van der Waals surface area contributed by atoms with Crippen LogP contribution in [0.4, 0.5) is 11.4 Å². The molecule has 0 aliphatic carbocycles. The van der Waals surface area contributed by atoms with Gasteiger partial charge in [0, 0.05) is 6.07 Å². The van der Waals surface area contributed by atoms with E-state index < -0.39 is 10.5 Å². The number of methoxy groups -OCH3 is 1. The predicted octanol–water partition coefficient (Wildman–Crippen LogP) is 3.25. The highest BCUT2D eigenvalue weighted by molar-refractivity contribution is 6.32. The van der Waals surface area contributed by atoms with E-state index in [1.807, 2.05) is 0 Å². The Bertz CT molecular complexity index is 1100. The van der Waals surface area contributed by atoms with Crippen molar-refractivity contribution >= 4 is 29.2 Å². The minimum Gasteiger partial charge on any atom is -0.497 e. The van der Waals surface area contributed by atoms with E-state index in [1.165, 1.54) is 18.5 Å². The fourth-order valence-electron chi connectivity index (χ4n) is 2.35. The Hall–Kier alpha value is -3.72. The summed E-state index contributed by atoms with van der Waals surface area (Å²) in [4.78, 5) is 23.0. The summed E-state index contributed by atoms with van der Waals surface area (Å²) in [5.41, 5.74) is 2.94. The third kappa shape index (κ3) is 3.99. The average Bonchev–Trinajstić information content (AvgIpc) is 2.71. The number of halogens is 1. The zero-order valence-corrected chi connectivity index (χ0v) is 15.3. The molecule has 1 aromatic heterocycles. The Labute approximate surface area is 164 Å². The number of benzene rings is 2. The fourth-order valence-corrected chi connectivity index (χ4v) is 2.52. The van der Waals surface area contributed by atoms with E-state index in [2.05, 4.69) is 15.6 Å². The summed E-state index contributed by atoms with van der Waals surface area (Å²) in [5.74, 6) is 0.644. The average molecular weight is 400 g/mol. The van der Waals surface area contributed by atoms with E-state index in [0.717, 1.165) is 4.68 Å². The fraction of sp³-hybridized carbons (Fsp3) is 0.0556. The van der Waals surface area contributed by atoms with Crippen molar-refractivity contribution in [3.63, 3.8) is 0 Å². The van der Waals surface area contributed by atoms with Crippen LogP contribution in [0.2, 0.25) is 5.02 Å². The van der Waals surface area contributed by atoms with Crippen LogP contribution in [0.5, 0.6) is 5.75 Å². The van der Waals surface area contributed by atoms with Crippen molar-refractivity contribution < 1.29 is 9.66 Å². The maximum Gasteiger partial charge on any atom is 0.292 e. The van der Waals surface area contributed by atoms with Gasteiger partial charge in [-0.25, -0.2) is 0 Å². The second kappa shape index (κ2) is 8.31. The number of rotatable bonds is 6. The van der Waals surface area contributed by atoms with Crippen LogP contribution in [-0.4, -0.2) is 28.0 Å². The van der Waals surface area contributed by atoms with Crippen molar-refractivity contribution in [1.29, 1.82) is 0 Å². The first-order valence-corrected chi connectivity index (χ1v) is 8.34. The molecule has 0 aliphatic rings. The minimum atomic E-state index is -0.544. The highest BCUT2D eigenvalue weighted by Gasteiger charge is 2.12. The SMILES string of the molecule is COc1ccc(-n2ncc(N/N=C\c3ccccc3[N+](=O)[O-])c(Cl)c2=O)cc1. The van der Waals surface area contributed by atoms with Crippen LogP contribution in [0.1, 0.15) is 5.56 Å². The predicted molar refractivity (Wildman–Crippen MR) is 106 cm³/mol. The molecular weight excluding hydrogens is 386 g/mol. The number of aromatic nitrogens is 2. The Balaban J connectivity index is 1.83. The smallest absolute Gasteiger partial charge is 0.292 e. The molecule has 0 atom stereocenters. The molecule has 0 saturated heterocycles. The standard InChI is InChI=1S/C18H14ClN5O4/c1-28-14-8-6-13(7-9-14)23-18(25)17(19)15(11-21-23)22-20-10-12-4-2-3-5-16(12)24(26)27/h2-11,22H,1H3/b20-10-. The monoisotopic (exact) mass is 399 g/mol. The van der Waals surface area contributed by atoms with Crippen molar-refractivity contribution in [3.05, 3.63) is 85.8 Å². The van der Waals surface area contributed by atoms with Gasteiger partial charge in [-0.1, -0.05) is 23.7 Å². The first kappa shape index (κ1) is 19.1. The van der Waals surface area contributed by atoms with Gasteiger partial charge >= 0.3 is 0 Å². The maximum absolute atomic E-state index is 12.5. The molecule has 0 radical (unpaired) electrons. The molecule has 0 amide bonds. The number of nitrogens with one attached hydrogen (secondary N) is 1. The van der Waals surface area contributed by atoms with Gasteiger partial charge in [-0.2, -0.15) is 14.9 Å². The lowest BCUT2D eigenvalue weighted by Crippen LogP contribution is -2.22. The molecule has 28 heavy (non-hydrogen) atoms. The molecule has 0 bridgehead atoms. The van der Waals surface area contributed by atoms with Crippen LogP contribution < -0.4 is 15.7 Å². The zero-order chi connectivity index (χ0) is 20.1. The van der Waals surface area contributed by atoms with E-state index in [0.29, 0.717) is 17.0 Å². The number of hydrogen-bond donors (Lipinski definition) is 1. The summed E-state index contributed by atoms with van der Waals surface area (Å²) in [6, 6.07) is 12.9. The minimum absolute atomic E-state index is 0.0906. The number of hydrazone groups is 1. The van der Waals surface area contributed by atoms with Crippen LogP contribution in [0.3, 0.4) is 0 Å². The van der Waals surface area contributed by atoms with Gasteiger partial charge in [0.2, 0.25) is 0 Å². The molecule has 1 heterocycles. The second-order valence-corrected chi connectivity index (χ2v) is 5.85. The van der Waals surface area contributed by atoms with Crippen LogP contribution in [0.25, 0.3) is 5.69 Å². The normalized spacial score (nSPS) is 10.8. The molecule has 1 N–H and O–H groups in total. The van der Waals surface area contributed by atoms with Gasteiger partial charge in [0.25, 0.3) is 11.2 Å². The van der Waals surface area contributed by atoms with Crippen molar-refractivity contribution in [2.24, 2.45) is 5.10 Å². The number of nitro benzene ring substituents is 1. The van der Waals surface area contributed by atoms with Gasteiger partial charge < -0.3 is 4.74 Å². The Kier molecular flexibility index (Phi) is 5.66. The molecule has 0 unspecified atom stereocenters. The first-order chi connectivity index (χ1) is 13.5. The summed E-state index contributed by atoms with van der Waals surface area (Å²) < 4.78 is 6.22. The largest absolute Gasteiger partial charge is 0.497 e. The Morgan fingerprint density at radius 2 is 1.96 bits per heavy atom. The summed E-state index contributed by atoms with van der Waals surface area (Å²) in [7, 11) is 1.54. The molecular formula is C18H14ClN5O4. The first-order valence-electron chi connectivity index (χ1n) is 7.96. The molecule has 142 valence electrons. The molecule has 2 aromatic carbocycles. The summed E-state index contributed by atoms with van der Waals surface area (Å²) in [6.45, 7) is 0. The summed E-state index contributed by atoms with van der Waals surface area (Å²) >= 11 is 6.13. The molecule has 0 aliphatic heterocycles. The van der Waals surface area contributed by atoms with Crippen LogP contribution in [0.15, 0.2) is 64.6 Å². The van der Waals surface area contributed by atoms with E-state index >= 15 is 0 Å². The zero-order valence-electron chi connectivity index (χ0n) is 14.6. The van der Waals surface area contributed by atoms with Crippen molar-refractivity contribution in [2.45, 2.75) is 0 Å². The van der Waals surface area contributed by atoms with Gasteiger partial charge in [-0.15, -0.1) is 0 Å². The highest BCUT2D eigenvalue weighted by Crippen LogP contribution is 2.19. The molecule has 0 fully saturated rings. The van der Waals surface area contributed by atoms with Crippen molar-refractivity contribution in [3.8, 4) is 11.4 Å². The van der Waals surface area contributed by atoms with Crippen LogP contribution >= 0.6 is 11.6 Å². The number of hydrogen-bond acceptors (Lipinski definition) is 7. The highest BCUT2D eigenvalue weighted by atomic mass is 35.5. The number of nitrogens with zero attached hydrogens (tertiary/aromatic N) is 4. The van der Waals surface area contributed by atoms with Crippen LogP contribution in [-0.2, 0) is 0 Å². The van der Waals surface area contributed by atoms with Gasteiger partial charge in [0.15, 0.2) is 0 Å². The number of nitro groups is 1. The summed E-state index contributed by atoms with van der Waals surface area (Å²) in [6.07, 6.45) is 2.61. The molecule has 10 heteroatoms. The quantitative estimate of drug-likeness (QED) is 0.387. The third-order valence-corrected chi connectivity index (χ3v) is 4.12. The molecule has 0 saturated carbocycles. The van der Waals surface area contributed by atoms with Gasteiger partial charge in [0.1, 0.15) is 16.5 Å². The Morgan fingerprint density at radius 3 is 2.64 bits per heavy atom.